The van der Waals surface area contributed by atoms with Gasteiger partial charge in [-0.3, -0.25) is 0 Å². The van der Waals surface area contributed by atoms with Crippen LogP contribution >= 0.6 is 38.9 Å². The molecule has 0 amide bonds. The number of benzene rings is 1. The first kappa shape index (κ1) is 16.6. The van der Waals surface area contributed by atoms with Crippen molar-refractivity contribution in [3.05, 3.63) is 43.5 Å². The molecule has 3 nitrogen and oxygen atoms in total. The van der Waals surface area contributed by atoms with Crippen LogP contribution in [-0.4, -0.2) is 13.2 Å². The number of thiophene rings is 1. The molecule has 0 aliphatic rings. The van der Waals surface area contributed by atoms with Crippen molar-refractivity contribution in [1.29, 1.82) is 0 Å². The predicted molar refractivity (Wildman–Crippen MR) is 91.7 cm³/mol. The first-order chi connectivity index (χ1) is 9.99. The molecule has 2 aromatic rings. The van der Waals surface area contributed by atoms with Crippen LogP contribution in [0.15, 0.2) is 28.7 Å². The third-order valence-corrected chi connectivity index (χ3v) is 4.63. The Bertz CT molecular complexity index is 616. The van der Waals surface area contributed by atoms with Crippen molar-refractivity contribution in [3.8, 4) is 11.5 Å². The molecule has 2 N–H and O–H groups in total. The van der Waals surface area contributed by atoms with Crippen LogP contribution < -0.4 is 15.2 Å². The lowest BCUT2D eigenvalue weighted by Crippen LogP contribution is -2.17. The Morgan fingerprint density at radius 1 is 1.38 bits per heavy atom. The van der Waals surface area contributed by atoms with E-state index >= 15 is 0 Å². The average Bonchev–Trinajstić information content (AvgIpc) is 2.82. The Hall–Kier alpha value is -0.750. The van der Waals surface area contributed by atoms with E-state index in [9.17, 15) is 0 Å². The minimum absolute atomic E-state index is 0.0987. The summed E-state index contributed by atoms with van der Waals surface area (Å²) in [7, 11) is 1.63. The summed E-state index contributed by atoms with van der Waals surface area (Å²) in [6, 6.07) is 7.90. The van der Waals surface area contributed by atoms with Crippen LogP contribution in [0.1, 0.15) is 17.4 Å². The molecule has 1 heterocycles. The van der Waals surface area contributed by atoms with Crippen LogP contribution in [0.25, 0.3) is 0 Å². The van der Waals surface area contributed by atoms with Gasteiger partial charge in [0, 0.05) is 10.9 Å². The van der Waals surface area contributed by atoms with E-state index in [2.05, 4.69) is 15.9 Å². The largest absolute Gasteiger partial charge is 0.493 e. The van der Waals surface area contributed by atoms with Gasteiger partial charge in [-0.15, -0.1) is 11.3 Å². The van der Waals surface area contributed by atoms with Crippen molar-refractivity contribution in [2.45, 2.75) is 26.0 Å². The summed E-state index contributed by atoms with van der Waals surface area (Å²) in [5.74, 6) is 1.39. The molecule has 0 aliphatic heterocycles. The van der Waals surface area contributed by atoms with Crippen LogP contribution in [0.3, 0.4) is 0 Å². The lowest BCUT2D eigenvalue weighted by molar-refractivity contribution is 0.285. The molecular formula is C15H17BrClNO2S. The van der Waals surface area contributed by atoms with Crippen molar-refractivity contribution in [2.75, 3.05) is 7.11 Å². The van der Waals surface area contributed by atoms with Gasteiger partial charge >= 0.3 is 0 Å². The Labute approximate surface area is 142 Å². The van der Waals surface area contributed by atoms with E-state index in [1.54, 1.807) is 7.11 Å². The third-order valence-electron chi connectivity index (χ3n) is 2.83. The van der Waals surface area contributed by atoms with Gasteiger partial charge in [0.25, 0.3) is 0 Å². The maximum Gasteiger partial charge on any atom is 0.175 e. The number of halogens is 2. The number of nitrogens with two attached hydrogens (primary N) is 1. The molecule has 0 saturated carbocycles. The highest BCUT2D eigenvalue weighted by atomic mass is 79.9. The van der Waals surface area contributed by atoms with Crippen LogP contribution in [0, 0.1) is 0 Å². The minimum Gasteiger partial charge on any atom is -0.493 e. The molecule has 0 aliphatic carbocycles. The van der Waals surface area contributed by atoms with Gasteiger partial charge in [-0.25, -0.2) is 0 Å². The summed E-state index contributed by atoms with van der Waals surface area (Å²) in [6.07, 6.45) is 0.787. The number of rotatable bonds is 6. The van der Waals surface area contributed by atoms with Gasteiger partial charge in [0.05, 0.1) is 15.9 Å². The first-order valence-electron chi connectivity index (χ1n) is 6.48. The van der Waals surface area contributed by atoms with E-state index in [0.717, 1.165) is 25.7 Å². The van der Waals surface area contributed by atoms with E-state index in [4.69, 9.17) is 26.8 Å². The molecule has 114 valence electrons. The SMILES string of the molecule is COc1cc(CC(C)N)cc(Br)c1OCc1ccc(Cl)s1. The summed E-state index contributed by atoms with van der Waals surface area (Å²) in [5.41, 5.74) is 6.95. The van der Waals surface area contributed by atoms with Crippen molar-refractivity contribution in [2.24, 2.45) is 5.73 Å². The molecule has 1 atom stereocenters. The Balaban J connectivity index is 2.18. The quantitative estimate of drug-likeness (QED) is 0.781. The molecule has 2 rings (SSSR count). The fourth-order valence-electron chi connectivity index (χ4n) is 1.98. The van der Waals surface area contributed by atoms with Gasteiger partial charge in [-0.2, -0.15) is 0 Å². The fourth-order valence-corrected chi connectivity index (χ4v) is 3.58. The summed E-state index contributed by atoms with van der Waals surface area (Å²) in [4.78, 5) is 1.06. The van der Waals surface area contributed by atoms with Crippen molar-refractivity contribution in [1.82, 2.24) is 0 Å². The van der Waals surface area contributed by atoms with Crippen LogP contribution in [-0.2, 0) is 13.0 Å². The fraction of sp³-hybridized carbons (Fsp3) is 0.333. The van der Waals surface area contributed by atoms with E-state index in [-0.39, 0.29) is 6.04 Å². The highest BCUT2D eigenvalue weighted by Crippen LogP contribution is 2.38. The number of hydrogen-bond donors (Lipinski definition) is 1. The molecule has 0 radical (unpaired) electrons. The van der Waals surface area contributed by atoms with E-state index in [1.165, 1.54) is 11.3 Å². The molecule has 0 spiro atoms. The van der Waals surface area contributed by atoms with E-state index in [1.807, 2.05) is 31.2 Å². The van der Waals surface area contributed by atoms with Gasteiger partial charge in [0.1, 0.15) is 6.61 Å². The zero-order valence-electron chi connectivity index (χ0n) is 11.9. The molecule has 1 unspecified atom stereocenters. The molecule has 0 bridgehead atoms. The summed E-state index contributed by atoms with van der Waals surface area (Å²) >= 11 is 11.0. The Kier molecular flexibility index (Phi) is 5.93. The number of ether oxygens (including phenoxy) is 2. The van der Waals surface area contributed by atoms with Crippen molar-refractivity contribution >= 4 is 38.9 Å². The van der Waals surface area contributed by atoms with Gasteiger partial charge in [0.15, 0.2) is 11.5 Å². The molecule has 1 aromatic carbocycles. The lowest BCUT2D eigenvalue weighted by atomic mass is 10.1. The van der Waals surface area contributed by atoms with Gasteiger partial charge in [0.2, 0.25) is 0 Å². The third kappa shape index (κ3) is 4.61. The first-order valence-corrected chi connectivity index (χ1v) is 8.47. The number of methoxy groups -OCH3 is 1. The maximum atomic E-state index is 5.92. The van der Waals surface area contributed by atoms with Crippen LogP contribution in [0.4, 0.5) is 0 Å². The second-order valence-corrected chi connectivity index (χ2v) is 7.44. The lowest BCUT2D eigenvalue weighted by Gasteiger charge is -2.15. The maximum absolute atomic E-state index is 5.92. The summed E-state index contributed by atoms with van der Waals surface area (Å²) in [5, 5.41) is 0. The van der Waals surface area contributed by atoms with E-state index in [0.29, 0.717) is 18.1 Å². The second-order valence-electron chi connectivity index (χ2n) is 4.78. The van der Waals surface area contributed by atoms with Gasteiger partial charge < -0.3 is 15.2 Å². The molecule has 1 aromatic heterocycles. The van der Waals surface area contributed by atoms with Crippen LogP contribution in [0.2, 0.25) is 4.34 Å². The number of hydrogen-bond acceptors (Lipinski definition) is 4. The highest BCUT2D eigenvalue weighted by molar-refractivity contribution is 9.10. The molecule has 21 heavy (non-hydrogen) atoms. The topological polar surface area (TPSA) is 44.5 Å². The average molecular weight is 391 g/mol. The Morgan fingerprint density at radius 2 is 2.14 bits per heavy atom. The van der Waals surface area contributed by atoms with Gasteiger partial charge in [-0.05, 0) is 59.1 Å². The van der Waals surface area contributed by atoms with Crippen molar-refractivity contribution < 1.29 is 9.47 Å². The van der Waals surface area contributed by atoms with Gasteiger partial charge in [-0.1, -0.05) is 11.6 Å². The smallest absolute Gasteiger partial charge is 0.175 e. The zero-order valence-corrected chi connectivity index (χ0v) is 15.0. The summed E-state index contributed by atoms with van der Waals surface area (Å²) < 4.78 is 12.9. The standard InChI is InChI=1S/C15H17BrClNO2S/c1-9(18)5-10-6-12(16)15(13(7-10)19-2)20-8-11-3-4-14(17)21-11/h3-4,6-7,9H,5,8,18H2,1-2H3. The normalized spacial score (nSPS) is 12.2. The van der Waals surface area contributed by atoms with E-state index < -0.39 is 0 Å². The minimum atomic E-state index is 0.0987. The van der Waals surface area contributed by atoms with Crippen LogP contribution in [0.5, 0.6) is 11.5 Å². The summed E-state index contributed by atoms with van der Waals surface area (Å²) in [6.45, 7) is 2.43. The highest BCUT2D eigenvalue weighted by Gasteiger charge is 2.13. The monoisotopic (exact) mass is 389 g/mol. The second kappa shape index (κ2) is 7.49. The molecule has 0 saturated heterocycles. The van der Waals surface area contributed by atoms with Crippen molar-refractivity contribution in [3.63, 3.8) is 0 Å². The predicted octanol–water partition coefficient (Wildman–Crippen LogP) is 4.64. The molecular weight excluding hydrogens is 374 g/mol. The Morgan fingerprint density at radius 3 is 2.71 bits per heavy atom. The zero-order chi connectivity index (χ0) is 15.4. The molecule has 0 fully saturated rings. The molecule has 6 heteroatoms.